The van der Waals surface area contributed by atoms with Crippen LogP contribution in [0.25, 0.3) is 0 Å². The van der Waals surface area contributed by atoms with E-state index in [-0.39, 0.29) is 10.8 Å². The lowest BCUT2D eigenvalue weighted by atomic mass is 10.2. The molecule has 2 heterocycles. The minimum absolute atomic E-state index is 0.120. The number of rotatable bonds is 3. The summed E-state index contributed by atoms with van der Waals surface area (Å²) in [7, 11) is -3.58. The van der Waals surface area contributed by atoms with E-state index in [1.165, 1.54) is 10.4 Å². The minimum Gasteiger partial charge on any atom is -0.379 e. The van der Waals surface area contributed by atoms with E-state index >= 15 is 0 Å². The van der Waals surface area contributed by atoms with Crippen molar-refractivity contribution in [3.05, 3.63) is 29.8 Å². The Hall–Kier alpha value is -1.48. The molecule has 0 radical (unpaired) electrons. The van der Waals surface area contributed by atoms with Crippen molar-refractivity contribution in [1.29, 1.82) is 0 Å². The lowest BCUT2D eigenvalue weighted by molar-refractivity contribution is 0.0727. The van der Waals surface area contributed by atoms with Crippen LogP contribution < -0.4 is 5.32 Å². The van der Waals surface area contributed by atoms with Crippen molar-refractivity contribution in [3.8, 4) is 0 Å². The van der Waals surface area contributed by atoms with Crippen LogP contribution in [0.5, 0.6) is 0 Å². The molecule has 7 nitrogen and oxygen atoms in total. The molecule has 2 aliphatic heterocycles. The standard InChI is InChI=1S/C15H21N3O4S/c19-15(17-6-4-16-5-7-17)13-2-1-3-14(12-13)23(20,21)18-8-10-22-11-9-18/h1-3,12,16H,4-11H2. The minimum atomic E-state index is -3.58. The van der Waals surface area contributed by atoms with Gasteiger partial charge in [-0.2, -0.15) is 4.31 Å². The molecule has 23 heavy (non-hydrogen) atoms. The Kier molecular flexibility index (Phi) is 4.96. The van der Waals surface area contributed by atoms with Crippen LogP contribution in [0.3, 0.4) is 0 Å². The van der Waals surface area contributed by atoms with Crippen molar-refractivity contribution in [3.63, 3.8) is 0 Å². The summed E-state index contributed by atoms with van der Waals surface area (Å²) in [6, 6.07) is 6.32. The first-order valence-electron chi connectivity index (χ1n) is 7.77. The van der Waals surface area contributed by atoms with Gasteiger partial charge in [0.2, 0.25) is 10.0 Å². The van der Waals surface area contributed by atoms with Crippen molar-refractivity contribution >= 4 is 15.9 Å². The number of morpholine rings is 1. The van der Waals surface area contributed by atoms with Gasteiger partial charge in [0.25, 0.3) is 5.91 Å². The molecule has 1 aromatic rings. The van der Waals surface area contributed by atoms with Gasteiger partial charge in [-0.3, -0.25) is 4.79 Å². The molecule has 1 amide bonds. The number of nitrogens with zero attached hydrogens (tertiary/aromatic N) is 2. The van der Waals surface area contributed by atoms with Crippen molar-refractivity contribution in [2.45, 2.75) is 4.90 Å². The number of carbonyl (C=O) groups excluding carboxylic acids is 1. The molecule has 0 atom stereocenters. The quantitative estimate of drug-likeness (QED) is 0.822. The van der Waals surface area contributed by atoms with Crippen molar-refractivity contribution in [2.75, 3.05) is 52.5 Å². The maximum absolute atomic E-state index is 12.7. The van der Waals surface area contributed by atoms with Crippen LogP contribution in [-0.4, -0.2) is 76.0 Å². The monoisotopic (exact) mass is 339 g/mol. The van der Waals surface area contributed by atoms with Gasteiger partial charge < -0.3 is 15.0 Å². The molecule has 0 aromatic heterocycles. The van der Waals surface area contributed by atoms with Gasteiger partial charge >= 0.3 is 0 Å². The van der Waals surface area contributed by atoms with Crippen LogP contribution >= 0.6 is 0 Å². The fourth-order valence-electron chi connectivity index (χ4n) is 2.78. The molecule has 2 aliphatic rings. The highest BCUT2D eigenvalue weighted by molar-refractivity contribution is 7.89. The fraction of sp³-hybridized carbons (Fsp3) is 0.533. The third-order valence-electron chi connectivity index (χ3n) is 4.09. The van der Waals surface area contributed by atoms with E-state index in [1.54, 1.807) is 23.1 Å². The lowest BCUT2D eigenvalue weighted by Crippen LogP contribution is -2.46. The average Bonchev–Trinajstić information content (AvgIpc) is 2.62. The van der Waals surface area contributed by atoms with Crippen molar-refractivity contribution in [2.24, 2.45) is 0 Å². The van der Waals surface area contributed by atoms with Gasteiger partial charge in [0.15, 0.2) is 0 Å². The van der Waals surface area contributed by atoms with Crippen molar-refractivity contribution in [1.82, 2.24) is 14.5 Å². The highest BCUT2D eigenvalue weighted by Crippen LogP contribution is 2.19. The first kappa shape index (κ1) is 16.4. The smallest absolute Gasteiger partial charge is 0.253 e. The molecule has 0 aliphatic carbocycles. The topological polar surface area (TPSA) is 79.0 Å². The lowest BCUT2D eigenvalue weighted by Gasteiger charge is -2.28. The summed E-state index contributed by atoms with van der Waals surface area (Å²) in [4.78, 5) is 14.4. The zero-order valence-electron chi connectivity index (χ0n) is 12.9. The van der Waals surface area contributed by atoms with Crippen LogP contribution in [0.2, 0.25) is 0 Å². The van der Waals surface area contributed by atoms with Crippen LogP contribution in [0.4, 0.5) is 0 Å². The van der Waals surface area contributed by atoms with Gasteiger partial charge in [0.05, 0.1) is 18.1 Å². The molecule has 3 rings (SSSR count). The number of carbonyl (C=O) groups is 1. The molecule has 0 saturated carbocycles. The van der Waals surface area contributed by atoms with E-state index in [9.17, 15) is 13.2 Å². The molecule has 126 valence electrons. The average molecular weight is 339 g/mol. The maximum Gasteiger partial charge on any atom is 0.253 e. The summed E-state index contributed by atoms with van der Waals surface area (Å²) in [6.07, 6.45) is 0. The third kappa shape index (κ3) is 3.55. The van der Waals surface area contributed by atoms with Gasteiger partial charge in [0.1, 0.15) is 0 Å². The van der Waals surface area contributed by atoms with Crippen LogP contribution in [0.15, 0.2) is 29.2 Å². The van der Waals surface area contributed by atoms with E-state index in [1.807, 2.05) is 0 Å². The zero-order chi connectivity index (χ0) is 16.3. The Morgan fingerprint density at radius 1 is 1.09 bits per heavy atom. The normalized spacial score (nSPS) is 20.4. The molecule has 0 unspecified atom stereocenters. The summed E-state index contributed by atoms with van der Waals surface area (Å²) < 4.78 is 32.0. The Balaban J connectivity index is 1.82. The molecular weight excluding hydrogens is 318 g/mol. The van der Waals surface area contributed by atoms with Crippen LogP contribution in [0.1, 0.15) is 10.4 Å². The number of nitrogens with one attached hydrogen (secondary N) is 1. The Morgan fingerprint density at radius 2 is 1.78 bits per heavy atom. The molecular formula is C15H21N3O4S. The second-order valence-corrected chi connectivity index (χ2v) is 7.52. The van der Waals surface area contributed by atoms with E-state index in [4.69, 9.17) is 4.74 Å². The second kappa shape index (κ2) is 6.96. The molecule has 1 N–H and O–H groups in total. The first-order valence-corrected chi connectivity index (χ1v) is 9.21. The number of hydrogen-bond donors (Lipinski definition) is 1. The number of amides is 1. The molecule has 0 bridgehead atoms. The highest BCUT2D eigenvalue weighted by atomic mass is 32.2. The highest BCUT2D eigenvalue weighted by Gasteiger charge is 2.27. The number of piperazine rings is 1. The van der Waals surface area contributed by atoms with Gasteiger partial charge in [-0.05, 0) is 18.2 Å². The predicted molar refractivity (Wildman–Crippen MR) is 84.8 cm³/mol. The Morgan fingerprint density at radius 3 is 2.48 bits per heavy atom. The zero-order valence-corrected chi connectivity index (χ0v) is 13.7. The number of sulfonamides is 1. The van der Waals surface area contributed by atoms with E-state index < -0.39 is 10.0 Å². The summed E-state index contributed by atoms with van der Waals surface area (Å²) >= 11 is 0. The third-order valence-corrected chi connectivity index (χ3v) is 5.99. The molecule has 2 fully saturated rings. The summed E-state index contributed by atoms with van der Waals surface area (Å²) in [6.45, 7) is 4.29. The Bertz CT molecular complexity index is 665. The molecule has 2 saturated heterocycles. The van der Waals surface area contributed by atoms with E-state index in [0.717, 1.165) is 13.1 Å². The number of benzene rings is 1. The van der Waals surface area contributed by atoms with Gasteiger partial charge in [-0.1, -0.05) is 6.07 Å². The van der Waals surface area contributed by atoms with Gasteiger partial charge in [-0.15, -0.1) is 0 Å². The number of hydrogen-bond acceptors (Lipinski definition) is 5. The molecule has 0 spiro atoms. The predicted octanol–water partition coefficient (Wildman–Crippen LogP) is -0.247. The SMILES string of the molecule is O=C(c1cccc(S(=O)(=O)N2CCOCC2)c1)N1CCNCC1. The van der Waals surface area contributed by atoms with E-state index in [2.05, 4.69) is 5.32 Å². The molecule has 8 heteroatoms. The Labute approximate surface area is 136 Å². The second-order valence-electron chi connectivity index (χ2n) is 5.59. The van der Waals surface area contributed by atoms with Crippen LogP contribution in [0, 0.1) is 0 Å². The maximum atomic E-state index is 12.7. The number of ether oxygens (including phenoxy) is 1. The molecule has 1 aromatic carbocycles. The van der Waals surface area contributed by atoms with Gasteiger partial charge in [-0.25, -0.2) is 8.42 Å². The largest absolute Gasteiger partial charge is 0.379 e. The van der Waals surface area contributed by atoms with Crippen molar-refractivity contribution < 1.29 is 17.9 Å². The first-order chi connectivity index (χ1) is 11.1. The van der Waals surface area contributed by atoms with E-state index in [0.29, 0.717) is 45.0 Å². The summed E-state index contributed by atoms with van der Waals surface area (Å²) in [5, 5.41) is 3.19. The van der Waals surface area contributed by atoms with Crippen LogP contribution in [-0.2, 0) is 14.8 Å². The fourth-order valence-corrected chi connectivity index (χ4v) is 4.23. The summed E-state index contributed by atoms with van der Waals surface area (Å²) in [5.74, 6) is -0.120. The summed E-state index contributed by atoms with van der Waals surface area (Å²) in [5.41, 5.74) is 0.418. The van der Waals surface area contributed by atoms with Gasteiger partial charge in [0, 0.05) is 44.8 Å².